The fraction of sp³-hybridized carbons (Fsp3) is 0.405. The van der Waals surface area contributed by atoms with Gasteiger partial charge in [-0.2, -0.15) is 5.26 Å². The van der Waals surface area contributed by atoms with E-state index in [9.17, 15) is 29.1 Å². The third kappa shape index (κ3) is 6.48. The van der Waals surface area contributed by atoms with Gasteiger partial charge >= 0.3 is 0 Å². The van der Waals surface area contributed by atoms with Gasteiger partial charge in [0, 0.05) is 81.2 Å². The Hall–Kier alpha value is -6.34. The minimum atomic E-state index is -0.730. The minimum absolute atomic E-state index is 0.183. The molecule has 15 nitrogen and oxygen atoms in total. The molecule has 3 N–H and O–H groups in total. The fourth-order valence-electron chi connectivity index (χ4n) is 9.13. The number of carbonyl (C=O) groups is 3. The number of ether oxygens (including phenoxy) is 1. The van der Waals surface area contributed by atoms with E-state index >= 15 is 0 Å². The largest absolute Gasteiger partial charge is 0.504 e. The zero-order valence-corrected chi connectivity index (χ0v) is 32.3. The van der Waals surface area contributed by atoms with E-state index in [-0.39, 0.29) is 35.4 Å². The molecule has 0 unspecified atom stereocenters. The molecule has 7 heterocycles. The van der Waals surface area contributed by atoms with E-state index in [1.807, 2.05) is 37.3 Å². The predicted molar refractivity (Wildman–Crippen MR) is 211 cm³/mol. The lowest BCUT2D eigenvalue weighted by atomic mass is 9.90. The highest BCUT2D eigenvalue weighted by atomic mass is 19.1. The summed E-state index contributed by atoms with van der Waals surface area (Å²) in [5.74, 6) is -1.20. The average Bonchev–Trinajstić information content (AvgIpc) is 3.77. The van der Waals surface area contributed by atoms with E-state index in [1.54, 1.807) is 11.0 Å². The number of piperidine rings is 1. The topological polar surface area (TPSA) is 180 Å². The highest BCUT2D eigenvalue weighted by molar-refractivity contribution is 6.05. The molecule has 3 saturated heterocycles. The average molecular weight is 787 g/mol. The second kappa shape index (κ2) is 14.6. The maximum Gasteiger partial charge on any atom is 0.255 e. The molecule has 0 aliphatic carbocycles. The standard InChI is InChI=1S/C42H43FN10O5/c1-3-42-18-29(22-53(42)35-17-33(48-49-38(35)45-23-42)30-5-4-6-32(43)37(30)55)58-40-26(19-44)15-27(24(2)46-40)20-50-11-13-51(14-12-50)28-8-7-25-21-52(41(57)31(25)16-28)34-9-10-36(54)47-39(34)56/h4-8,15-17,29,34,55H,3,9-14,18,20-23H2,1-2H3,(H,45,49)(H,47,54,56)/t29-,34+,42-/m1/s1. The van der Waals surface area contributed by atoms with Gasteiger partial charge in [-0.15, -0.1) is 10.2 Å². The highest BCUT2D eigenvalue weighted by Crippen LogP contribution is 2.45. The molecule has 16 heteroatoms. The lowest BCUT2D eigenvalue weighted by molar-refractivity contribution is -0.136. The molecular weight excluding hydrogens is 744 g/mol. The number of fused-ring (bicyclic) bond motifs is 4. The number of aromatic nitrogens is 3. The van der Waals surface area contributed by atoms with Crippen LogP contribution in [0.5, 0.6) is 11.6 Å². The van der Waals surface area contributed by atoms with E-state index in [0.717, 1.165) is 60.8 Å². The molecule has 3 fully saturated rings. The number of benzene rings is 2. The number of carbonyl (C=O) groups excluding carboxylic acids is 3. The molecule has 0 bridgehead atoms. The first-order valence-electron chi connectivity index (χ1n) is 19.7. The summed E-state index contributed by atoms with van der Waals surface area (Å²) in [6.45, 7) is 9.19. The molecule has 58 heavy (non-hydrogen) atoms. The summed E-state index contributed by atoms with van der Waals surface area (Å²) in [5.41, 5.74) is 5.64. The Morgan fingerprint density at radius 3 is 2.67 bits per heavy atom. The summed E-state index contributed by atoms with van der Waals surface area (Å²) < 4.78 is 20.8. The Morgan fingerprint density at radius 2 is 1.90 bits per heavy atom. The van der Waals surface area contributed by atoms with Crippen LogP contribution in [0, 0.1) is 24.1 Å². The number of anilines is 3. The smallest absolute Gasteiger partial charge is 0.255 e. The molecule has 0 saturated carbocycles. The van der Waals surface area contributed by atoms with Crippen molar-refractivity contribution in [2.24, 2.45) is 0 Å². The van der Waals surface area contributed by atoms with Crippen LogP contribution in [-0.4, -0.2) is 105 Å². The number of pyridine rings is 1. The van der Waals surface area contributed by atoms with Crippen LogP contribution in [0.2, 0.25) is 0 Å². The predicted octanol–water partition coefficient (Wildman–Crippen LogP) is 3.88. The summed E-state index contributed by atoms with van der Waals surface area (Å²) in [6.07, 6.45) is 1.75. The number of aromatic hydroxyl groups is 1. The Balaban J connectivity index is 0.850. The molecule has 9 rings (SSSR count). The Labute approximate surface area is 334 Å². The lowest BCUT2D eigenvalue weighted by Crippen LogP contribution is -2.52. The Kier molecular flexibility index (Phi) is 9.35. The van der Waals surface area contributed by atoms with Gasteiger partial charge in [-0.3, -0.25) is 24.6 Å². The van der Waals surface area contributed by atoms with Gasteiger partial charge in [-0.1, -0.05) is 19.1 Å². The van der Waals surface area contributed by atoms with Gasteiger partial charge < -0.3 is 29.9 Å². The minimum Gasteiger partial charge on any atom is -0.504 e. The van der Waals surface area contributed by atoms with Crippen molar-refractivity contribution in [1.29, 1.82) is 5.26 Å². The van der Waals surface area contributed by atoms with Gasteiger partial charge in [0.1, 0.15) is 23.8 Å². The van der Waals surface area contributed by atoms with E-state index in [0.29, 0.717) is 67.5 Å². The van der Waals surface area contributed by atoms with Crippen LogP contribution in [-0.2, 0) is 22.7 Å². The number of amides is 3. The summed E-state index contributed by atoms with van der Waals surface area (Å²) in [5, 5.41) is 35.1. The first kappa shape index (κ1) is 37.2. The molecule has 4 aromatic rings. The van der Waals surface area contributed by atoms with Gasteiger partial charge in [0.15, 0.2) is 17.4 Å². The number of nitriles is 1. The SMILES string of the molecule is CC[C@@]12CNc3nnc(-c4cccc(F)c4O)cc3N1C[C@H](Oc1nc(C)c(CN3CCN(c4ccc5c(c4)C(=O)N([C@H]4CCC(=O)NC4=O)C5)CC3)cc1C#N)C2. The van der Waals surface area contributed by atoms with Crippen LogP contribution in [0.3, 0.4) is 0 Å². The third-order valence-corrected chi connectivity index (χ3v) is 12.5. The Bertz CT molecular complexity index is 2400. The zero-order valence-electron chi connectivity index (χ0n) is 32.3. The summed E-state index contributed by atoms with van der Waals surface area (Å²) in [6, 6.07) is 15.6. The summed E-state index contributed by atoms with van der Waals surface area (Å²) in [7, 11) is 0. The number of hydrogen-bond donors (Lipinski definition) is 3. The van der Waals surface area contributed by atoms with E-state index in [1.165, 1.54) is 12.1 Å². The van der Waals surface area contributed by atoms with Crippen molar-refractivity contribution >= 4 is 34.9 Å². The van der Waals surface area contributed by atoms with Crippen LogP contribution in [0.4, 0.5) is 21.6 Å². The van der Waals surface area contributed by atoms with Gasteiger partial charge in [0.05, 0.1) is 23.5 Å². The molecule has 2 aromatic heterocycles. The third-order valence-electron chi connectivity index (χ3n) is 12.5. The van der Waals surface area contributed by atoms with Crippen LogP contribution in [0.1, 0.15) is 65.3 Å². The van der Waals surface area contributed by atoms with Gasteiger partial charge in [0.25, 0.3) is 5.91 Å². The molecular formula is C42H43FN10O5. The first-order valence-corrected chi connectivity index (χ1v) is 19.7. The number of nitrogens with zero attached hydrogens (tertiary/aromatic N) is 8. The van der Waals surface area contributed by atoms with E-state index in [2.05, 4.69) is 48.5 Å². The van der Waals surface area contributed by atoms with Gasteiger partial charge in [0.2, 0.25) is 17.7 Å². The van der Waals surface area contributed by atoms with Crippen molar-refractivity contribution < 1.29 is 28.6 Å². The molecule has 0 spiro atoms. The van der Waals surface area contributed by atoms with E-state index in [4.69, 9.17) is 9.72 Å². The second-order valence-electron chi connectivity index (χ2n) is 15.8. The number of piperazine rings is 1. The number of hydrogen-bond acceptors (Lipinski definition) is 13. The molecule has 0 radical (unpaired) electrons. The van der Waals surface area contributed by atoms with E-state index < -0.39 is 23.5 Å². The summed E-state index contributed by atoms with van der Waals surface area (Å²) in [4.78, 5) is 50.8. The summed E-state index contributed by atoms with van der Waals surface area (Å²) >= 11 is 0. The number of rotatable bonds is 8. The van der Waals surface area contributed by atoms with Crippen molar-refractivity contribution in [1.82, 2.24) is 30.3 Å². The highest BCUT2D eigenvalue weighted by Gasteiger charge is 2.49. The number of halogens is 1. The maximum atomic E-state index is 14.2. The van der Waals surface area contributed by atoms with Crippen molar-refractivity contribution in [3.8, 4) is 29.0 Å². The molecule has 2 aromatic carbocycles. The maximum absolute atomic E-state index is 14.2. The molecule has 5 aliphatic rings. The van der Waals surface area contributed by atoms with Crippen molar-refractivity contribution in [2.45, 2.75) is 70.3 Å². The van der Waals surface area contributed by atoms with Crippen molar-refractivity contribution in [3.63, 3.8) is 0 Å². The molecule has 298 valence electrons. The van der Waals surface area contributed by atoms with Gasteiger partial charge in [-0.05, 0) is 67.3 Å². The van der Waals surface area contributed by atoms with Gasteiger partial charge in [-0.25, -0.2) is 9.37 Å². The number of para-hydroxylation sites is 1. The van der Waals surface area contributed by atoms with Crippen LogP contribution < -0.4 is 25.2 Å². The number of nitrogens with one attached hydrogen (secondary N) is 2. The van der Waals surface area contributed by atoms with Crippen LogP contribution in [0.15, 0.2) is 48.5 Å². The van der Waals surface area contributed by atoms with Crippen LogP contribution >= 0.6 is 0 Å². The zero-order chi connectivity index (χ0) is 40.3. The number of phenolic OH excluding ortho intramolecular Hbond substituents is 1. The fourth-order valence-corrected chi connectivity index (χ4v) is 9.13. The molecule has 5 aliphatic heterocycles. The Morgan fingerprint density at radius 1 is 1.07 bits per heavy atom. The second-order valence-corrected chi connectivity index (χ2v) is 15.8. The number of imide groups is 1. The number of phenols is 1. The first-order chi connectivity index (χ1) is 28.0. The monoisotopic (exact) mass is 786 g/mol. The van der Waals surface area contributed by atoms with Crippen molar-refractivity contribution in [2.75, 3.05) is 54.4 Å². The van der Waals surface area contributed by atoms with Crippen LogP contribution in [0.25, 0.3) is 11.3 Å². The normalized spacial score (nSPS) is 22.9. The molecule has 3 atom stereocenters. The number of aryl methyl sites for hydroxylation is 1. The molecule has 3 amide bonds. The van der Waals surface area contributed by atoms with Crippen molar-refractivity contribution in [3.05, 3.63) is 82.3 Å². The quantitative estimate of drug-likeness (QED) is 0.219. The lowest BCUT2D eigenvalue weighted by Gasteiger charge is -2.43.